The number of hydrogen-bond donors (Lipinski definition) is 2. The number of carbonyl (C=O) groups excluding carboxylic acids is 4. The highest BCUT2D eigenvalue weighted by Crippen LogP contribution is 2.32. The van der Waals surface area contributed by atoms with Gasteiger partial charge in [-0.15, -0.1) is 0 Å². The standard InChI is InChI=1S/C38H30N6O6/c1-3-49-37(47)26-13-17-41-32(21-26)30-19-24(11-15-39-30)35(45)43-28-9-5-7-23-8-6-10-29(34(23)28)44-36(46)25-12-16-40-31(20-25)33-22-27(14-18-42-33)38(48)50-4-2/h5-22H,3-4H2,1-2H3,(H,43,45)(H,44,46). The van der Waals surface area contributed by atoms with Crippen LogP contribution in [0.4, 0.5) is 11.4 Å². The van der Waals surface area contributed by atoms with Crippen molar-refractivity contribution < 1.29 is 28.7 Å². The Hall–Kier alpha value is -6.82. The van der Waals surface area contributed by atoms with Crippen molar-refractivity contribution in [1.82, 2.24) is 19.9 Å². The first-order valence-corrected chi connectivity index (χ1v) is 15.7. The Morgan fingerprint density at radius 3 is 1.26 bits per heavy atom. The maximum absolute atomic E-state index is 13.6. The number of anilines is 2. The van der Waals surface area contributed by atoms with E-state index in [-0.39, 0.29) is 13.2 Å². The van der Waals surface area contributed by atoms with Crippen LogP contribution in [0, 0.1) is 0 Å². The zero-order chi connectivity index (χ0) is 35.0. The van der Waals surface area contributed by atoms with Crippen LogP contribution in [-0.4, -0.2) is 56.9 Å². The van der Waals surface area contributed by atoms with Gasteiger partial charge >= 0.3 is 11.9 Å². The molecule has 0 unspecified atom stereocenters. The van der Waals surface area contributed by atoms with E-state index in [2.05, 4.69) is 30.6 Å². The molecule has 6 rings (SSSR count). The molecule has 4 heterocycles. The molecule has 2 aromatic carbocycles. The number of pyridine rings is 4. The fourth-order valence-corrected chi connectivity index (χ4v) is 5.19. The number of hydrogen-bond acceptors (Lipinski definition) is 10. The number of nitrogens with one attached hydrogen (secondary N) is 2. The van der Waals surface area contributed by atoms with Crippen molar-refractivity contribution in [2.24, 2.45) is 0 Å². The number of aromatic nitrogens is 4. The van der Waals surface area contributed by atoms with Gasteiger partial charge in [-0.3, -0.25) is 29.5 Å². The summed E-state index contributed by atoms with van der Waals surface area (Å²) in [5.74, 6) is -1.79. The lowest BCUT2D eigenvalue weighted by molar-refractivity contribution is 0.0516. The molecule has 0 aliphatic carbocycles. The summed E-state index contributed by atoms with van der Waals surface area (Å²) < 4.78 is 10.2. The molecule has 0 aliphatic rings. The first kappa shape index (κ1) is 33.1. The predicted octanol–water partition coefficient (Wildman–Crippen LogP) is 6.61. The Kier molecular flexibility index (Phi) is 9.89. The van der Waals surface area contributed by atoms with Gasteiger partial charge in [0.1, 0.15) is 0 Å². The quantitative estimate of drug-likeness (QED) is 0.152. The molecule has 0 spiro atoms. The molecule has 2 amide bonds. The topological polar surface area (TPSA) is 162 Å². The van der Waals surface area contributed by atoms with Crippen molar-refractivity contribution in [3.63, 3.8) is 0 Å². The fourth-order valence-electron chi connectivity index (χ4n) is 5.19. The number of nitrogens with zero attached hydrogens (tertiary/aromatic N) is 4. The Morgan fingerprint density at radius 2 is 0.880 bits per heavy atom. The van der Waals surface area contributed by atoms with Crippen molar-refractivity contribution in [3.05, 3.63) is 132 Å². The monoisotopic (exact) mass is 666 g/mol. The number of benzene rings is 2. The third kappa shape index (κ3) is 7.34. The maximum atomic E-state index is 13.6. The van der Waals surface area contributed by atoms with Gasteiger partial charge in [-0.25, -0.2) is 9.59 Å². The third-order valence-electron chi connectivity index (χ3n) is 7.51. The van der Waals surface area contributed by atoms with Crippen LogP contribution >= 0.6 is 0 Å². The smallest absolute Gasteiger partial charge is 0.338 e. The second-order valence-corrected chi connectivity index (χ2v) is 10.8. The van der Waals surface area contributed by atoms with Crippen molar-refractivity contribution in [2.45, 2.75) is 13.8 Å². The molecule has 0 saturated heterocycles. The van der Waals surface area contributed by atoms with Crippen LogP contribution in [0.1, 0.15) is 55.3 Å². The normalized spacial score (nSPS) is 10.7. The minimum absolute atomic E-state index is 0.237. The van der Waals surface area contributed by atoms with E-state index >= 15 is 0 Å². The second-order valence-electron chi connectivity index (χ2n) is 10.8. The molecule has 2 N–H and O–H groups in total. The Balaban J connectivity index is 1.25. The molecule has 0 atom stereocenters. The highest BCUT2D eigenvalue weighted by Gasteiger charge is 2.17. The lowest BCUT2D eigenvalue weighted by Crippen LogP contribution is -2.15. The van der Waals surface area contributed by atoms with E-state index < -0.39 is 23.8 Å². The minimum atomic E-state index is -0.480. The van der Waals surface area contributed by atoms with Crippen LogP contribution in [0.2, 0.25) is 0 Å². The van der Waals surface area contributed by atoms with Gasteiger partial charge < -0.3 is 20.1 Å². The number of esters is 2. The van der Waals surface area contributed by atoms with Crippen LogP contribution in [-0.2, 0) is 9.47 Å². The average Bonchev–Trinajstić information content (AvgIpc) is 3.15. The molecule has 0 radical (unpaired) electrons. The van der Waals surface area contributed by atoms with Gasteiger partial charge in [0.25, 0.3) is 11.8 Å². The van der Waals surface area contributed by atoms with Gasteiger partial charge in [0.05, 0.1) is 58.5 Å². The van der Waals surface area contributed by atoms with E-state index in [1.165, 1.54) is 24.8 Å². The third-order valence-corrected chi connectivity index (χ3v) is 7.51. The number of rotatable bonds is 10. The summed E-state index contributed by atoms with van der Waals surface area (Å²) in [4.78, 5) is 68.9. The second kappa shape index (κ2) is 14.9. The molecule has 50 heavy (non-hydrogen) atoms. The van der Waals surface area contributed by atoms with Crippen LogP contribution in [0.5, 0.6) is 0 Å². The largest absolute Gasteiger partial charge is 0.462 e. The van der Waals surface area contributed by atoms with Crippen molar-refractivity contribution in [2.75, 3.05) is 23.8 Å². The van der Waals surface area contributed by atoms with Gasteiger partial charge in [0, 0.05) is 41.3 Å². The van der Waals surface area contributed by atoms with Gasteiger partial charge in [-0.1, -0.05) is 24.3 Å². The average molecular weight is 667 g/mol. The highest BCUT2D eigenvalue weighted by atomic mass is 16.5. The van der Waals surface area contributed by atoms with E-state index in [1.54, 1.807) is 86.6 Å². The van der Waals surface area contributed by atoms with E-state index in [4.69, 9.17) is 9.47 Å². The van der Waals surface area contributed by atoms with Crippen molar-refractivity contribution in [1.29, 1.82) is 0 Å². The van der Waals surface area contributed by atoms with Crippen molar-refractivity contribution in [3.8, 4) is 22.8 Å². The van der Waals surface area contributed by atoms with Crippen LogP contribution in [0.15, 0.2) is 110 Å². The molecule has 248 valence electrons. The van der Waals surface area contributed by atoms with Gasteiger partial charge in [-0.05, 0) is 79.9 Å². The molecular weight excluding hydrogens is 636 g/mol. The Bertz CT molecular complexity index is 2100. The van der Waals surface area contributed by atoms with Crippen molar-refractivity contribution >= 4 is 45.9 Å². The zero-order valence-corrected chi connectivity index (χ0v) is 27.0. The Morgan fingerprint density at radius 1 is 0.520 bits per heavy atom. The minimum Gasteiger partial charge on any atom is -0.462 e. The van der Waals surface area contributed by atoms with E-state index in [9.17, 15) is 19.2 Å². The Labute approximate surface area is 286 Å². The first-order valence-electron chi connectivity index (χ1n) is 15.7. The molecule has 0 bridgehead atoms. The zero-order valence-electron chi connectivity index (χ0n) is 27.0. The summed E-state index contributed by atoms with van der Waals surface area (Å²) in [6, 6.07) is 23.4. The van der Waals surface area contributed by atoms with Gasteiger partial charge in [0.15, 0.2) is 0 Å². The summed E-state index contributed by atoms with van der Waals surface area (Å²) in [6.07, 6.45) is 5.94. The maximum Gasteiger partial charge on any atom is 0.338 e. The van der Waals surface area contributed by atoms with E-state index in [0.717, 1.165) is 5.39 Å². The number of amides is 2. The summed E-state index contributed by atoms with van der Waals surface area (Å²) >= 11 is 0. The molecule has 12 heteroatoms. The number of carbonyl (C=O) groups is 4. The highest BCUT2D eigenvalue weighted by molar-refractivity contribution is 6.16. The molecule has 0 fully saturated rings. The van der Waals surface area contributed by atoms with Crippen LogP contribution in [0.3, 0.4) is 0 Å². The first-order chi connectivity index (χ1) is 24.3. The molecule has 0 aliphatic heterocycles. The molecule has 4 aromatic heterocycles. The van der Waals surface area contributed by atoms with Gasteiger partial charge in [-0.2, -0.15) is 0 Å². The molecule has 12 nitrogen and oxygen atoms in total. The SMILES string of the molecule is CCOC(=O)c1ccnc(-c2cc(C(=O)Nc3cccc4cccc(NC(=O)c5ccnc(-c6cc(C(=O)OCC)ccn6)c5)c34)ccn2)c1. The summed E-state index contributed by atoms with van der Waals surface area (Å²) in [5, 5.41) is 7.33. The van der Waals surface area contributed by atoms with E-state index in [1.807, 2.05) is 12.1 Å². The molecular formula is C38H30N6O6. The number of ether oxygens (including phenoxy) is 2. The van der Waals surface area contributed by atoms with Crippen LogP contribution < -0.4 is 10.6 Å². The molecule has 0 saturated carbocycles. The fraction of sp³-hybridized carbons (Fsp3) is 0.105. The summed E-state index contributed by atoms with van der Waals surface area (Å²) in [5.41, 5.74) is 3.80. The predicted molar refractivity (Wildman–Crippen MR) is 187 cm³/mol. The lowest BCUT2D eigenvalue weighted by atomic mass is 10.1. The molecule has 6 aromatic rings. The van der Waals surface area contributed by atoms with Gasteiger partial charge in [0.2, 0.25) is 0 Å². The lowest BCUT2D eigenvalue weighted by Gasteiger charge is -2.14. The summed E-state index contributed by atoms with van der Waals surface area (Å²) in [6.45, 7) is 3.92. The van der Waals surface area contributed by atoms with E-state index in [0.29, 0.717) is 61.8 Å². The number of fused-ring (bicyclic) bond motifs is 1. The summed E-state index contributed by atoms with van der Waals surface area (Å²) in [7, 11) is 0. The van der Waals surface area contributed by atoms with Crippen LogP contribution in [0.25, 0.3) is 33.5 Å².